The molecule has 3 aromatic rings. The van der Waals surface area contributed by atoms with Gasteiger partial charge in [0, 0.05) is 41.4 Å². The predicted octanol–water partition coefficient (Wildman–Crippen LogP) is 3.41. The number of hydrogen-bond donors (Lipinski definition) is 2. The molecule has 0 amide bonds. The largest absolute Gasteiger partial charge is 0.507 e. The molecular formula is C20H21N5OS. The van der Waals surface area contributed by atoms with Crippen LogP contribution in [0, 0.1) is 0 Å². The number of rotatable bonds is 4. The van der Waals surface area contributed by atoms with Crippen LogP contribution in [0.25, 0.3) is 16.9 Å². The zero-order valence-corrected chi connectivity index (χ0v) is 15.6. The molecule has 2 aromatic heterocycles. The fourth-order valence-corrected chi connectivity index (χ4v) is 5.32. The van der Waals surface area contributed by atoms with Crippen LogP contribution >= 0.6 is 11.8 Å². The summed E-state index contributed by atoms with van der Waals surface area (Å²) < 4.78 is 1.85. The van der Waals surface area contributed by atoms with Crippen molar-refractivity contribution in [2.75, 3.05) is 0 Å². The lowest BCUT2D eigenvalue weighted by Crippen LogP contribution is -2.39. The van der Waals surface area contributed by atoms with Crippen molar-refractivity contribution < 1.29 is 5.11 Å². The van der Waals surface area contributed by atoms with Gasteiger partial charge in [-0.1, -0.05) is 0 Å². The van der Waals surface area contributed by atoms with Gasteiger partial charge in [-0.25, -0.2) is 9.97 Å². The number of aromatic nitrogens is 4. The summed E-state index contributed by atoms with van der Waals surface area (Å²) in [7, 11) is 0. The van der Waals surface area contributed by atoms with Gasteiger partial charge < -0.3 is 15.0 Å². The Labute approximate surface area is 162 Å². The summed E-state index contributed by atoms with van der Waals surface area (Å²) in [4.78, 5) is 13.2. The lowest BCUT2D eigenvalue weighted by molar-refractivity contribution is 0.414. The molecule has 0 radical (unpaired) electrons. The Morgan fingerprint density at radius 2 is 1.96 bits per heavy atom. The number of nitrogens with one attached hydrogen (secondary N) is 1. The van der Waals surface area contributed by atoms with Crippen LogP contribution in [-0.4, -0.2) is 42.0 Å². The van der Waals surface area contributed by atoms with E-state index in [1.807, 2.05) is 40.9 Å². The predicted molar refractivity (Wildman–Crippen MR) is 105 cm³/mol. The molecule has 0 aliphatic carbocycles. The van der Waals surface area contributed by atoms with Crippen molar-refractivity contribution in [1.82, 2.24) is 24.8 Å². The van der Waals surface area contributed by atoms with Crippen LogP contribution in [0.3, 0.4) is 0 Å². The van der Waals surface area contributed by atoms with Crippen LogP contribution < -0.4 is 5.32 Å². The zero-order valence-electron chi connectivity index (χ0n) is 14.8. The highest BCUT2D eigenvalue weighted by molar-refractivity contribution is 7.99. The van der Waals surface area contributed by atoms with Gasteiger partial charge in [-0.05, 0) is 37.8 Å². The Morgan fingerprint density at radius 1 is 1.11 bits per heavy atom. The van der Waals surface area contributed by atoms with E-state index in [2.05, 4.69) is 20.3 Å². The molecule has 1 aromatic carbocycles. The Hall–Kier alpha value is -2.38. The van der Waals surface area contributed by atoms with Gasteiger partial charge in [0.15, 0.2) is 0 Å². The van der Waals surface area contributed by atoms with Gasteiger partial charge in [-0.2, -0.15) is 0 Å². The van der Waals surface area contributed by atoms with Crippen molar-refractivity contribution in [3.05, 3.63) is 49.3 Å². The minimum Gasteiger partial charge on any atom is -0.507 e. The van der Waals surface area contributed by atoms with Crippen molar-refractivity contribution in [3.8, 4) is 22.7 Å². The molecule has 5 rings (SSSR count). The molecule has 27 heavy (non-hydrogen) atoms. The molecule has 2 aliphatic rings. The van der Waals surface area contributed by atoms with Crippen molar-refractivity contribution in [2.24, 2.45) is 0 Å². The number of phenols is 1. The van der Waals surface area contributed by atoms with E-state index in [4.69, 9.17) is 0 Å². The van der Waals surface area contributed by atoms with Crippen LogP contribution in [0.15, 0.2) is 54.3 Å². The molecule has 0 saturated carbocycles. The molecule has 6 nitrogen and oxygen atoms in total. The van der Waals surface area contributed by atoms with Crippen LogP contribution in [0.1, 0.15) is 25.7 Å². The van der Waals surface area contributed by atoms with Gasteiger partial charge in [0.25, 0.3) is 0 Å². The van der Waals surface area contributed by atoms with E-state index >= 15 is 0 Å². The van der Waals surface area contributed by atoms with Gasteiger partial charge in [0.05, 0.1) is 30.1 Å². The smallest absolute Gasteiger partial charge is 0.127 e. The number of piperidine rings is 1. The molecule has 2 saturated heterocycles. The first-order valence-electron chi connectivity index (χ1n) is 9.31. The summed E-state index contributed by atoms with van der Waals surface area (Å²) in [6, 6.07) is 6.88. The van der Waals surface area contributed by atoms with Crippen LogP contribution in [0.2, 0.25) is 0 Å². The Bertz CT molecular complexity index is 916. The summed E-state index contributed by atoms with van der Waals surface area (Å²) in [6.07, 6.45) is 13.9. The van der Waals surface area contributed by atoms with Gasteiger partial charge in [-0.3, -0.25) is 4.98 Å². The first kappa shape index (κ1) is 16.8. The van der Waals surface area contributed by atoms with E-state index in [1.165, 1.54) is 25.7 Å². The van der Waals surface area contributed by atoms with Crippen LogP contribution in [0.4, 0.5) is 0 Å². The summed E-state index contributed by atoms with van der Waals surface area (Å²) in [5.41, 5.74) is 2.22. The summed E-state index contributed by atoms with van der Waals surface area (Å²) in [5, 5.41) is 15.7. The van der Waals surface area contributed by atoms with Crippen molar-refractivity contribution in [1.29, 1.82) is 0 Å². The fourth-order valence-electron chi connectivity index (χ4n) is 4.10. The standard InChI is InChI=1S/C20H21N5OS/c26-19-9-15(25-6-5-21-12-25)3-4-17(19)18-10-23-20(11-22-18)27-16-7-13-1-2-14(8-16)24-13/h3-6,9-14,16,24,26H,1-2,7-8H2/t13-,14+,16-. The lowest BCUT2D eigenvalue weighted by Gasteiger charge is -2.28. The summed E-state index contributed by atoms with van der Waals surface area (Å²) >= 11 is 1.83. The number of aromatic hydroxyl groups is 1. The molecule has 0 spiro atoms. The van der Waals surface area contributed by atoms with Crippen molar-refractivity contribution in [3.63, 3.8) is 0 Å². The van der Waals surface area contributed by atoms with Crippen molar-refractivity contribution in [2.45, 2.75) is 48.0 Å². The molecule has 7 heteroatoms. The highest BCUT2D eigenvalue weighted by Crippen LogP contribution is 2.37. The average molecular weight is 379 g/mol. The van der Waals surface area contributed by atoms with Gasteiger partial charge in [0.2, 0.25) is 0 Å². The summed E-state index contributed by atoms with van der Waals surface area (Å²) in [5.74, 6) is 0.186. The quantitative estimate of drug-likeness (QED) is 0.723. The van der Waals surface area contributed by atoms with Crippen molar-refractivity contribution >= 4 is 11.8 Å². The molecule has 138 valence electrons. The third-order valence-corrected chi connectivity index (χ3v) is 6.58. The van der Waals surface area contributed by atoms with Crippen LogP contribution in [0.5, 0.6) is 5.75 Å². The van der Waals surface area contributed by atoms with E-state index in [1.54, 1.807) is 24.8 Å². The molecule has 3 atom stereocenters. The zero-order chi connectivity index (χ0) is 18.2. The Morgan fingerprint density at radius 3 is 2.63 bits per heavy atom. The number of nitrogens with zero attached hydrogens (tertiary/aromatic N) is 4. The second-order valence-electron chi connectivity index (χ2n) is 7.26. The average Bonchev–Trinajstić information content (AvgIpc) is 3.32. The number of fused-ring (bicyclic) bond motifs is 2. The van der Waals surface area contributed by atoms with E-state index < -0.39 is 0 Å². The first-order chi connectivity index (χ1) is 13.2. The SMILES string of the molecule is Oc1cc(-n2ccnc2)ccc1-c1cnc(S[C@@H]2C[C@H]3CC[C@@H](C2)N3)cn1. The molecule has 0 unspecified atom stereocenters. The maximum Gasteiger partial charge on any atom is 0.127 e. The fraction of sp³-hybridized carbons (Fsp3) is 0.350. The minimum absolute atomic E-state index is 0.186. The maximum absolute atomic E-state index is 10.4. The summed E-state index contributed by atoms with van der Waals surface area (Å²) in [6.45, 7) is 0. The highest BCUT2D eigenvalue weighted by Gasteiger charge is 2.33. The number of hydrogen-bond acceptors (Lipinski definition) is 6. The highest BCUT2D eigenvalue weighted by atomic mass is 32.2. The van der Waals surface area contributed by atoms with E-state index in [-0.39, 0.29) is 5.75 Å². The number of imidazole rings is 1. The molecule has 4 heterocycles. The normalized spacial score (nSPS) is 24.2. The molecular weight excluding hydrogens is 358 g/mol. The Kier molecular flexibility index (Phi) is 4.33. The molecule has 2 aliphatic heterocycles. The molecule has 2 fully saturated rings. The third kappa shape index (κ3) is 3.44. The maximum atomic E-state index is 10.4. The molecule has 2 bridgehead atoms. The minimum atomic E-state index is 0.186. The van der Waals surface area contributed by atoms with Gasteiger partial charge in [-0.15, -0.1) is 11.8 Å². The van der Waals surface area contributed by atoms with E-state index in [0.717, 1.165) is 10.7 Å². The second kappa shape index (κ2) is 6.98. The van der Waals surface area contributed by atoms with E-state index in [9.17, 15) is 5.11 Å². The number of phenolic OH excluding ortho intramolecular Hbond substituents is 1. The third-order valence-electron chi connectivity index (χ3n) is 5.41. The Balaban J connectivity index is 1.31. The van der Waals surface area contributed by atoms with E-state index in [0.29, 0.717) is 28.6 Å². The van der Waals surface area contributed by atoms with Crippen LogP contribution in [-0.2, 0) is 0 Å². The topological polar surface area (TPSA) is 75.9 Å². The number of thioether (sulfide) groups is 1. The lowest BCUT2D eigenvalue weighted by atomic mass is 10.1. The first-order valence-corrected chi connectivity index (χ1v) is 10.2. The number of benzene rings is 1. The van der Waals surface area contributed by atoms with Gasteiger partial charge in [0.1, 0.15) is 10.8 Å². The second-order valence-corrected chi connectivity index (χ2v) is 8.58. The molecule has 2 N–H and O–H groups in total. The van der Waals surface area contributed by atoms with Gasteiger partial charge >= 0.3 is 0 Å². The monoisotopic (exact) mass is 379 g/mol.